The molecule has 0 radical (unpaired) electrons. The topological polar surface area (TPSA) is 106 Å². The molecule has 0 unspecified atom stereocenters. The summed E-state index contributed by atoms with van der Waals surface area (Å²) >= 11 is 0. The molecule has 0 saturated carbocycles. The number of H-pyrrole nitrogens is 2. The summed E-state index contributed by atoms with van der Waals surface area (Å²) in [6, 6.07) is 26.6. The summed E-state index contributed by atoms with van der Waals surface area (Å²) in [5.41, 5.74) is 5.52. The first-order chi connectivity index (χ1) is 18.9. The zero-order valence-corrected chi connectivity index (χ0v) is 21.8. The lowest BCUT2D eigenvalue weighted by atomic mass is 9.89. The molecule has 0 amide bonds. The maximum absolute atomic E-state index is 13.9. The van der Waals surface area contributed by atoms with Gasteiger partial charge in [-0.2, -0.15) is 0 Å². The molecule has 3 aromatic carbocycles. The fourth-order valence-corrected chi connectivity index (χ4v) is 4.99. The summed E-state index contributed by atoms with van der Waals surface area (Å²) in [7, 11) is 0. The maximum Gasteiger partial charge on any atom is 0.275 e. The summed E-state index contributed by atoms with van der Waals surface area (Å²) < 4.78 is 4.66. The Morgan fingerprint density at radius 1 is 0.641 bits per heavy atom. The lowest BCUT2D eigenvalue weighted by Gasteiger charge is -2.12. The highest BCUT2D eigenvalue weighted by Crippen LogP contribution is 2.31. The summed E-state index contributed by atoms with van der Waals surface area (Å²) in [5, 5.41) is 15.3. The van der Waals surface area contributed by atoms with E-state index in [0.717, 1.165) is 11.3 Å². The third-order valence-corrected chi connectivity index (χ3v) is 6.95. The van der Waals surface area contributed by atoms with E-state index in [1.165, 1.54) is 9.36 Å². The van der Waals surface area contributed by atoms with Gasteiger partial charge in [0.25, 0.3) is 11.1 Å². The Kier molecular flexibility index (Phi) is 5.95. The predicted octanol–water partition coefficient (Wildman–Crippen LogP) is 4.33. The van der Waals surface area contributed by atoms with Crippen LogP contribution in [0.2, 0.25) is 0 Å². The highest BCUT2D eigenvalue weighted by atomic mass is 16.1. The molecule has 6 rings (SSSR count). The number of rotatable bonds is 6. The van der Waals surface area contributed by atoms with Crippen molar-refractivity contribution in [1.82, 2.24) is 34.6 Å². The molecule has 2 N–H and O–H groups in total. The van der Waals surface area contributed by atoms with Gasteiger partial charge >= 0.3 is 0 Å². The van der Waals surface area contributed by atoms with E-state index in [1.807, 2.05) is 106 Å². The van der Waals surface area contributed by atoms with Gasteiger partial charge in [0, 0.05) is 11.4 Å². The molecular weight excluding hydrogens is 490 g/mol. The zero-order chi connectivity index (χ0) is 27.1. The number of benzene rings is 3. The second-order valence-corrected chi connectivity index (χ2v) is 9.61. The van der Waals surface area contributed by atoms with Crippen LogP contribution in [-0.2, 0) is 0 Å². The van der Waals surface area contributed by atoms with Crippen molar-refractivity contribution in [3.05, 3.63) is 146 Å². The molecule has 0 spiro atoms. The average molecular weight is 518 g/mol. The molecule has 39 heavy (non-hydrogen) atoms. The summed E-state index contributed by atoms with van der Waals surface area (Å²) in [6.45, 7) is 5.70. The maximum atomic E-state index is 13.9. The fourth-order valence-electron chi connectivity index (χ4n) is 4.99. The van der Waals surface area contributed by atoms with Gasteiger partial charge in [0.15, 0.2) is 0 Å². The minimum Gasteiger partial charge on any atom is -0.295 e. The van der Waals surface area contributed by atoms with Crippen molar-refractivity contribution in [3.8, 4) is 17.1 Å². The lowest BCUT2D eigenvalue weighted by Crippen LogP contribution is -2.25. The van der Waals surface area contributed by atoms with Crippen LogP contribution in [0.4, 0.5) is 0 Å². The Labute approximate surface area is 224 Å². The smallest absolute Gasteiger partial charge is 0.275 e. The highest BCUT2D eigenvalue weighted by molar-refractivity contribution is 5.46. The Balaban J connectivity index is 1.57. The van der Waals surface area contributed by atoms with Crippen molar-refractivity contribution in [3.63, 3.8) is 0 Å². The molecule has 6 aromatic rings. The van der Waals surface area contributed by atoms with E-state index in [1.54, 1.807) is 10.9 Å². The number of aromatic amines is 2. The van der Waals surface area contributed by atoms with Crippen molar-refractivity contribution < 1.29 is 0 Å². The molecule has 0 saturated heterocycles. The molecule has 0 bridgehead atoms. The Bertz CT molecular complexity index is 1770. The average Bonchev–Trinajstić information content (AvgIpc) is 3.64. The second-order valence-electron chi connectivity index (χ2n) is 9.61. The van der Waals surface area contributed by atoms with Gasteiger partial charge in [-0.1, -0.05) is 59.3 Å². The van der Waals surface area contributed by atoms with Gasteiger partial charge in [-0.05, 0) is 57.2 Å². The van der Waals surface area contributed by atoms with Crippen molar-refractivity contribution >= 4 is 0 Å². The van der Waals surface area contributed by atoms with Crippen LogP contribution in [0.1, 0.15) is 39.7 Å². The molecule has 0 fully saturated rings. The minimum absolute atomic E-state index is 0.250. The van der Waals surface area contributed by atoms with E-state index in [2.05, 4.69) is 20.5 Å². The Morgan fingerprint density at radius 3 is 1.62 bits per heavy atom. The van der Waals surface area contributed by atoms with Crippen LogP contribution >= 0.6 is 0 Å². The number of hydrogen-bond acceptors (Lipinski definition) is 4. The molecule has 3 heterocycles. The third kappa shape index (κ3) is 4.23. The standard InChI is InChI=1S/C30H27N7O2/c1-19-14-16-22(17-15-19)35-18-25(31-34-35)28(26-20(2)32-36(29(26)38)23-10-6-4-7-11-23)27-21(3)33-37(30(27)39)24-12-8-5-9-13-24/h4-18,28,32-33H,1-3H3. The molecule has 0 aliphatic rings. The third-order valence-electron chi connectivity index (χ3n) is 6.95. The van der Waals surface area contributed by atoms with Gasteiger partial charge in [0.2, 0.25) is 0 Å². The van der Waals surface area contributed by atoms with Crippen molar-refractivity contribution in [2.45, 2.75) is 26.7 Å². The van der Waals surface area contributed by atoms with Gasteiger partial charge in [-0.15, -0.1) is 5.10 Å². The van der Waals surface area contributed by atoms with Crippen molar-refractivity contribution in [1.29, 1.82) is 0 Å². The van der Waals surface area contributed by atoms with E-state index in [4.69, 9.17) is 0 Å². The number of hydrogen-bond donors (Lipinski definition) is 2. The predicted molar refractivity (Wildman–Crippen MR) is 149 cm³/mol. The van der Waals surface area contributed by atoms with E-state index < -0.39 is 5.92 Å². The fraction of sp³-hybridized carbons (Fsp3) is 0.133. The molecule has 0 aliphatic carbocycles. The SMILES string of the molecule is Cc1ccc(-n2cc(C(c3c(C)[nH]n(-c4ccccc4)c3=O)c3c(C)[nH]n(-c4ccccc4)c3=O)nn2)cc1. The first-order valence-corrected chi connectivity index (χ1v) is 12.7. The zero-order valence-electron chi connectivity index (χ0n) is 21.8. The minimum atomic E-state index is -0.758. The quantitative estimate of drug-likeness (QED) is 0.343. The summed E-state index contributed by atoms with van der Waals surface area (Å²) in [6.07, 6.45) is 1.78. The summed E-state index contributed by atoms with van der Waals surface area (Å²) in [4.78, 5) is 27.9. The van der Waals surface area contributed by atoms with E-state index in [0.29, 0.717) is 39.6 Å². The lowest BCUT2D eigenvalue weighted by molar-refractivity contribution is 0.789. The Morgan fingerprint density at radius 2 is 1.13 bits per heavy atom. The van der Waals surface area contributed by atoms with Gasteiger partial charge < -0.3 is 0 Å². The molecular formula is C30H27N7O2. The molecule has 194 valence electrons. The molecule has 9 heteroatoms. The first-order valence-electron chi connectivity index (χ1n) is 12.7. The van der Waals surface area contributed by atoms with E-state index in [9.17, 15) is 9.59 Å². The number of nitrogens with zero attached hydrogens (tertiary/aromatic N) is 5. The normalized spacial score (nSPS) is 11.4. The number of aromatic nitrogens is 7. The van der Waals surface area contributed by atoms with Crippen LogP contribution in [0.5, 0.6) is 0 Å². The Hall–Kier alpha value is -5.18. The molecule has 0 aliphatic heterocycles. The number of nitrogens with one attached hydrogen (secondary N) is 2. The summed E-state index contributed by atoms with van der Waals surface area (Å²) in [5.74, 6) is -0.758. The van der Waals surface area contributed by atoms with Crippen LogP contribution in [-0.4, -0.2) is 34.6 Å². The molecule has 0 atom stereocenters. The molecule has 9 nitrogen and oxygen atoms in total. The van der Waals surface area contributed by atoms with Crippen molar-refractivity contribution in [2.24, 2.45) is 0 Å². The highest BCUT2D eigenvalue weighted by Gasteiger charge is 2.33. The first kappa shape index (κ1) is 24.2. The van der Waals surface area contributed by atoms with E-state index >= 15 is 0 Å². The van der Waals surface area contributed by atoms with Crippen LogP contribution in [0.15, 0.2) is 101 Å². The van der Waals surface area contributed by atoms with E-state index in [-0.39, 0.29) is 11.1 Å². The largest absolute Gasteiger partial charge is 0.295 e. The van der Waals surface area contributed by atoms with Gasteiger partial charge in [-0.3, -0.25) is 19.8 Å². The van der Waals surface area contributed by atoms with Crippen molar-refractivity contribution in [2.75, 3.05) is 0 Å². The van der Waals surface area contributed by atoms with Crippen LogP contribution < -0.4 is 11.1 Å². The number of para-hydroxylation sites is 2. The van der Waals surface area contributed by atoms with Gasteiger partial charge in [-0.25, -0.2) is 14.0 Å². The van der Waals surface area contributed by atoms with Gasteiger partial charge in [0.05, 0.1) is 46.0 Å². The second kappa shape index (κ2) is 9.60. The monoisotopic (exact) mass is 517 g/mol. The van der Waals surface area contributed by atoms with Gasteiger partial charge in [0.1, 0.15) is 0 Å². The molecule has 3 aromatic heterocycles. The van der Waals surface area contributed by atoms with Crippen LogP contribution in [0.25, 0.3) is 17.1 Å². The van der Waals surface area contributed by atoms with Crippen LogP contribution in [0.3, 0.4) is 0 Å². The number of aryl methyl sites for hydroxylation is 3. The van der Waals surface area contributed by atoms with Crippen LogP contribution in [0, 0.1) is 20.8 Å².